The van der Waals surface area contributed by atoms with Gasteiger partial charge >= 0.3 is 0 Å². The average Bonchev–Trinajstić information content (AvgIpc) is 3.22. The Labute approximate surface area is 220 Å². The summed E-state index contributed by atoms with van der Waals surface area (Å²) in [6, 6.07) is 16.3. The molecule has 3 heterocycles. The molecule has 0 radical (unpaired) electrons. The minimum Gasteiger partial charge on any atom is -0.339 e. The fourth-order valence-electron chi connectivity index (χ4n) is 5.45. The van der Waals surface area contributed by atoms with Crippen molar-refractivity contribution in [2.45, 2.75) is 19.8 Å². The number of halogens is 1. The molecule has 0 N–H and O–H groups in total. The standard InChI is InChI=1S/C28H27ClN4O4/c1-18-24(13-23(29)14-26(18)33(36)37)28(35)32-16-21-9-11-31(12-10-22(21)17-32)27(34)20-7-8-25(30-15-20)19-5-3-2-4-6-19/h2-8,13-15,21-22H,9-12,16-17H2,1H3/t21-,22+. The number of carbonyl (C=O) groups excluding carboxylic acids is 2. The second-order valence-corrected chi connectivity index (χ2v) is 10.2. The molecule has 0 spiro atoms. The molecule has 2 amide bonds. The van der Waals surface area contributed by atoms with Crippen molar-refractivity contribution < 1.29 is 14.5 Å². The summed E-state index contributed by atoms with van der Waals surface area (Å²) in [5.41, 5.74) is 2.86. The van der Waals surface area contributed by atoms with E-state index >= 15 is 0 Å². The fourth-order valence-corrected chi connectivity index (χ4v) is 5.66. The number of aromatic nitrogens is 1. The molecule has 3 aromatic rings. The van der Waals surface area contributed by atoms with Crippen molar-refractivity contribution >= 4 is 29.1 Å². The zero-order valence-corrected chi connectivity index (χ0v) is 21.2. The summed E-state index contributed by atoms with van der Waals surface area (Å²) in [5.74, 6) is 0.292. The molecule has 0 saturated carbocycles. The van der Waals surface area contributed by atoms with Crippen molar-refractivity contribution in [1.29, 1.82) is 0 Å². The lowest BCUT2D eigenvalue weighted by molar-refractivity contribution is -0.385. The monoisotopic (exact) mass is 518 g/mol. The summed E-state index contributed by atoms with van der Waals surface area (Å²) in [6.45, 7) is 3.95. The Bertz CT molecular complexity index is 1330. The molecule has 2 fully saturated rings. The number of fused-ring (bicyclic) bond motifs is 1. The topological polar surface area (TPSA) is 96.7 Å². The number of benzene rings is 2. The Balaban J connectivity index is 1.23. The number of nitrogens with zero attached hydrogens (tertiary/aromatic N) is 4. The molecule has 0 unspecified atom stereocenters. The second kappa shape index (κ2) is 10.3. The van der Waals surface area contributed by atoms with Gasteiger partial charge in [-0.3, -0.25) is 24.7 Å². The third-order valence-corrected chi connectivity index (χ3v) is 7.76. The van der Waals surface area contributed by atoms with Gasteiger partial charge in [-0.25, -0.2) is 0 Å². The van der Waals surface area contributed by atoms with E-state index in [9.17, 15) is 19.7 Å². The average molecular weight is 519 g/mol. The first-order valence-corrected chi connectivity index (χ1v) is 12.7. The Morgan fingerprint density at radius 2 is 1.65 bits per heavy atom. The molecule has 2 aromatic carbocycles. The van der Waals surface area contributed by atoms with Crippen molar-refractivity contribution in [3.63, 3.8) is 0 Å². The molecular weight excluding hydrogens is 492 g/mol. The number of nitro groups is 1. The maximum absolute atomic E-state index is 13.3. The maximum Gasteiger partial charge on any atom is 0.274 e. The van der Waals surface area contributed by atoms with Crippen LogP contribution in [0.4, 0.5) is 5.69 Å². The van der Waals surface area contributed by atoms with Crippen LogP contribution in [0.5, 0.6) is 0 Å². The van der Waals surface area contributed by atoms with E-state index in [-0.39, 0.29) is 39.9 Å². The Morgan fingerprint density at radius 1 is 0.973 bits per heavy atom. The molecule has 1 aromatic heterocycles. The van der Waals surface area contributed by atoms with Crippen molar-refractivity contribution in [2.75, 3.05) is 26.2 Å². The first kappa shape index (κ1) is 24.9. The number of rotatable bonds is 4. The van der Waals surface area contributed by atoms with Crippen LogP contribution in [0.3, 0.4) is 0 Å². The number of amides is 2. The van der Waals surface area contributed by atoms with Gasteiger partial charge in [-0.2, -0.15) is 0 Å². The third-order valence-electron chi connectivity index (χ3n) is 7.54. The molecule has 2 atom stereocenters. The van der Waals surface area contributed by atoms with Crippen LogP contribution in [-0.2, 0) is 0 Å². The van der Waals surface area contributed by atoms with Crippen LogP contribution in [0.25, 0.3) is 11.3 Å². The van der Waals surface area contributed by atoms with Crippen LogP contribution in [0.15, 0.2) is 60.8 Å². The van der Waals surface area contributed by atoms with E-state index in [4.69, 9.17) is 11.6 Å². The molecule has 190 valence electrons. The van der Waals surface area contributed by atoms with Crippen molar-refractivity contribution in [3.05, 3.63) is 92.6 Å². The lowest BCUT2D eigenvalue weighted by Crippen LogP contribution is -2.34. The zero-order valence-electron chi connectivity index (χ0n) is 20.5. The largest absolute Gasteiger partial charge is 0.339 e. The molecule has 8 nitrogen and oxygen atoms in total. The lowest BCUT2D eigenvalue weighted by atomic mass is 9.92. The Morgan fingerprint density at radius 3 is 2.24 bits per heavy atom. The van der Waals surface area contributed by atoms with Crippen LogP contribution in [-0.4, -0.2) is 57.7 Å². The van der Waals surface area contributed by atoms with Gasteiger partial charge in [-0.15, -0.1) is 0 Å². The molecule has 5 rings (SSSR count). The predicted octanol–water partition coefficient (Wildman–Crippen LogP) is 5.24. The van der Waals surface area contributed by atoms with Crippen molar-refractivity contribution in [2.24, 2.45) is 11.8 Å². The van der Waals surface area contributed by atoms with Crippen LogP contribution >= 0.6 is 11.6 Å². The van der Waals surface area contributed by atoms with Crippen molar-refractivity contribution in [3.8, 4) is 11.3 Å². The number of hydrogen-bond acceptors (Lipinski definition) is 5. The van der Waals surface area contributed by atoms with Gasteiger partial charge in [0.05, 0.1) is 21.7 Å². The molecular formula is C28H27ClN4O4. The number of nitro benzene ring substituents is 1. The quantitative estimate of drug-likeness (QED) is 0.347. The van der Waals surface area contributed by atoms with Gasteiger partial charge in [-0.1, -0.05) is 41.9 Å². The Kier molecular flexibility index (Phi) is 6.93. The Hall–Kier alpha value is -3.78. The maximum atomic E-state index is 13.3. The molecule has 0 aliphatic carbocycles. The SMILES string of the molecule is Cc1c(C(=O)N2C[C@H]3CCN(C(=O)c4ccc(-c5ccccc5)nc4)CC[C@H]3C2)cc(Cl)cc1[N+](=O)[O-]. The van der Waals surface area contributed by atoms with E-state index in [0.29, 0.717) is 37.3 Å². The minimum absolute atomic E-state index is 0.0260. The van der Waals surface area contributed by atoms with Crippen LogP contribution in [0.2, 0.25) is 5.02 Å². The normalized spacial score (nSPS) is 19.3. The van der Waals surface area contributed by atoms with E-state index in [1.54, 1.807) is 18.0 Å². The summed E-state index contributed by atoms with van der Waals surface area (Å²) in [4.78, 5) is 45.5. The van der Waals surface area contributed by atoms with E-state index in [0.717, 1.165) is 24.1 Å². The van der Waals surface area contributed by atoms with Crippen LogP contribution in [0.1, 0.15) is 39.1 Å². The van der Waals surface area contributed by atoms with E-state index in [1.807, 2.05) is 47.4 Å². The van der Waals surface area contributed by atoms with Crippen LogP contribution < -0.4 is 0 Å². The minimum atomic E-state index is -0.512. The number of likely N-dealkylation sites (tertiary alicyclic amines) is 2. The van der Waals surface area contributed by atoms with Gasteiger partial charge in [0.25, 0.3) is 17.5 Å². The van der Waals surface area contributed by atoms with Gasteiger partial charge in [0.15, 0.2) is 0 Å². The molecule has 2 aliphatic rings. The molecule has 0 bridgehead atoms. The molecule has 2 aliphatic heterocycles. The second-order valence-electron chi connectivity index (χ2n) is 9.75. The van der Waals surface area contributed by atoms with Crippen molar-refractivity contribution in [1.82, 2.24) is 14.8 Å². The van der Waals surface area contributed by atoms with Gasteiger partial charge in [0.1, 0.15) is 0 Å². The van der Waals surface area contributed by atoms with Gasteiger partial charge in [-0.05, 0) is 49.8 Å². The van der Waals surface area contributed by atoms with Crippen LogP contribution in [0, 0.1) is 28.9 Å². The highest BCUT2D eigenvalue weighted by Gasteiger charge is 2.38. The first-order valence-electron chi connectivity index (χ1n) is 12.4. The van der Waals surface area contributed by atoms with Gasteiger partial charge in [0.2, 0.25) is 0 Å². The van der Waals surface area contributed by atoms with E-state index in [1.165, 1.54) is 12.1 Å². The summed E-state index contributed by atoms with van der Waals surface area (Å²) in [6.07, 6.45) is 3.23. The molecule has 37 heavy (non-hydrogen) atoms. The zero-order chi connectivity index (χ0) is 26.1. The summed E-state index contributed by atoms with van der Waals surface area (Å²) < 4.78 is 0. The summed E-state index contributed by atoms with van der Waals surface area (Å²) in [7, 11) is 0. The smallest absolute Gasteiger partial charge is 0.274 e. The fraction of sp³-hybridized carbons (Fsp3) is 0.321. The summed E-state index contributed by atoms with van der Waals surface area (Å²) in [5, 5.41) is 11.5. The lowest BCUT2D eigenvalue weighted by Gasteiger charge is -2.23. The molecule has 2 saturated heterocycles. The highest BCUT2D eigenvalue weighted by atomic mass is 35.5. The van der Waals surface area contributed by atoms with E-state index < -0.39 is 4.92 Å². The van der Waals surface area contributed by atoms with Gasteiger partial charge < -0.3 is 9.80 Å². The highest BCUT2D eigenvalue weighted by molar-refractivity contribution is 6.31. The number of pyridine rings is 1. The number of hydrogen-bond donors (Lipinski definition) is 0. The number of carbonyl (C=O) groups is 2. The predicted molar refractivity (Wildman–Crippen MR) is 141 cm³/mol. The highest BCUT2D eigenvalue weighted by Crippen LogP contribution is 2.35. The summed E-state index contributed by atoms with van der Waals surface area (Å²) >= 11 is 6.08. The first-order chi connectivity index (χ1) is 17.8. The van der Waals surface area contributed by atoms with E-state index in [2.05, 4.69) is 4.98 Å². The van der Waals surface area contributed by atoms with Gasteiger partial charge in [0, 0.05) is 54.6 Å². The molecule has 9 heteroatoms. The third kappa shape index (κ3) is 5.06.